The molecular weight excluding hydrogens is 504 g/mol. The van der Waals surface area contributed by atoms with E-state index in [1.165, 1.54) is 0 Å². The Morgan fingerprint density at radius 1 is 1.12 bits per heavy atom. The van der Waals surface area contributed by atoms with Crippen molar-refractivity contribution in [3.05, 3.63) is 58.8 Å². The lowest BCUT2D eigenvalue weighted by molar-refractivity contribution is -0.117. The molecule has 1 aliphatic heterocycles. The molecule has 0 unspecified atom stereocenters. The zero-order chi connectivity index (χ0) is 28.6. The maximum absolute atomic E-state index is 13.8. The Hall–Kier alpha value is -3.69. The number of fused-ring (bicyclic) bond motifs is 3. The van der Waals surface area contributed by atoms with Crippen molar-refractivity contribution in [2.45, 2.75) is 46.1 Å². The van der Waals surface area contributed by atoms with Crippen molar-refractivity contribution in [2.24, 2.45) is 0 Å². The minimum absolute atomic E-state index is 0.0777. The van der Waals surface area contributed by atoms with Gasteiger partial charge in [-0.3, -0.25) is 14.5 Å². The number of hydrogen-bond acceptors (Lipinski definition) is 6. The molecule has 1 aromatic heterocycles. The van der Waals surface area contributed by atoms with Crippen molar-refractivity contribution in [3.63, 3.8) is 0 Å². The average molecular weight is 545 g/mol. The molecule has 1 fully saturated rings. The first-order valence-electron chi connectivity index (χ1n) is 14.0. The molecule has 2 aromatic carbocycles. The maximum atomic E-state index is 13.8. The normalized spacial score (nSPS) is 15.2. The lowest BCUT2D eigenvalue weighted by Crippen LogP contribution is -2.46. The lowest BCUT2D eigenvalue weighted by Gasteiger charge is -2.31. The Balaban J connectivity index is 1.60. The van der Waals surface area contributed by atoms with Crippen molar-refractivity contribution < 1.29 is 14.3 Å². The third kappa shape index (κ3) is 5.48. The first-order valence-corrected chi connectivity index (χ1v) is 14.0. The molecule has 40 heavy (non-hydrogen) atoms. The summed E-state index contributed by atoms with van der Waals surface area (Å²) in [5.41, 5.74) is 6.60. The molecule has 0 spiro atoms. The van der Waals surface area contributed by atoms with Crippen LogP contribution in [0.2, 0.25) is 0 Å². The van der Waals surface area contributed by atoms with Gasteiger partial charge in [0.05, 0.1) is 30.7 Å². The van der Waals surface area contributed by atoms with Gasteiger partial charge in [-0.05, 0) is 75.9 Å². The van der Waals surface area contributed by atoms with Gasteiger partial charge in [0.15, 0.2) is 5.69 Å². The average Bonchev–Trinajstić information content (AvgIpc) is 3.32. The minimum Gasteiger partial charge on any atom is -0.495 e. The van der Waals surface area contributed by atoms with Crippen molar-refractivity contribution in [1.82, 2.24) is 24.9 Å². The third-order valence-corrected chi connectivity index (χ3v) is 7.92. The molecule has 0 radical (unpaired) electrons. The monoisotopic (exact) mass is 544 g/mol. The number of benzene rings is 2. The van der Waals surface area contributed by atoms with Crippen LogP contribution in [-0.2, 0) is 17.6 Å². The van der Waals surface area contributed by atoms with Gasteiger partial charge in [-0.25, -0.2) is 4.68 Å². The summed E-state index contributed by atoms with van der Waals surface area (Å²) >= 11 is 0. The van der Waals surface area contributed by atoms with Crippen LogP contribution in [0.15, 0.2) is 36.4 Å². The smallest absolute Gasteiger partial charge is 0.274 e. The molecule has 1 aliphatic carbocycles. The highest BCUT2D eigenvalue weighted by Crippen LogP contribution is 2.42. The van der Waals surface area contributed by atoms with Gasteiger partial charge in [0.1, 0.15) is 5.75 Å². The molecular formula is C31H40N6O3. The molecule has 9 heteroatoms. The number of anilines is 1. The van der Waals surface area contributed by atoms with E-state index in [0.29, 0.717) is 30.1 Å². The second-order valence-corrected chi connectivity index (χ2v) is 11.7. The zero-order valence-electron chi connectivity index (χ0n) is 24.4. The van der Waals surface area contributed by atoms with Crippen LogP contribution < -0.4 is 15.4 Å². The molecule has 2 N–H and O–H groups in total. The molecule has 0 atom stereocenters. The fourth-order valence-electron chi connectivity index (χ4n) is 5.38. The number of rotatable bonds is 6. The number of aryl methyl sites for hydroxylation is 2. The Bertz CT molecular complexity index is 1430. The number of nitrogens with one attached hydrogen (secondary N) is 2. The molecule has 212 valence electrons. The van der Waals surface area contributed by atoms with E-state index >= 15 is 0 Å². The lowest BCUT2D eigenvalue weighted by atomic mass is 9.87. The summed E-state index contributed by atoms with van der Waals surface area (Å²) in [5, 5.41) is 11.4. The summed E-state index contributed by atoms with van der Waals surface area (Å²) in [6, 6.07) is 12.1. The van der Waals surface area contributed by atoms with Crippen LogP contribution in [0.4, 0.5) is 5.69 Å². The largest absolute Gasteiger partial charge is 0.495 e. The maximum Gasteiger partial charge on any atom is 0.274 e. The summed E-state index contributed by atoms with van der Waals surface area (Å²) in [5.74, 6) is 0.448. The first-order chi connectivity index (χ1) is 19.1. The first kappa shape index (κ1) is 27.9. The van der Waals surface area contributed by atoms with Gasteiger partial charge in [0.2, 0.25) is 5.91 Å². The molecule has 2 heterocycles. The van der Waals surface area contributed by atoms with Crippen molar-refractivity contribution in [3.8, 4) is 22.7 Å². The van der Waals surface area contributed by atoms with E-state index in [1.807, 2.05) is 69.8 Å². The van der Waals surface area contributed by atoms with E-state index < -0.39 is 0 Å². The van der Waals surface area contributed by atoms with Crippen LogP contribution in [0.1, 0.15) is 48.0 Å². The van der Waals surface area contributed by atoms with E-state index in [4.69, 9.17) is 9.84 Å². The van der Waals surface area contributed by atoms with E-state index in [1.54, 1.807) is 12.0 Å². The number of aromatic nitrogens is 2. The van der Waals surface area contributed by atoms with E-state index in [0.717, 1.165) is 66.2 Å². The van der Waals surface area contributed by atoms with Crippen molar-refractivity contribution in [2.75, 3.05) is 52.2 Å². The van der Waals surface area contributed by atoms with Crippen LogP contribution in [0.5, 0.6) is 5.75 Å². The van der Waals surface area contributed by atoms with Gasteiger partial charge in [-0.2, -0.15) is 5.10 Å². The molecule has 0 saturated carbocycles. The molecule has 5 rings (SSSR count). The molecule has 3 aromatic rings. The predicted octanol–water partition coefficient (Wildman–Crippen LogP) is 3.67. The molecule has 2 aliphatic rings. The van der Waals surface area contributed by atoms with Crippen LogP contribution >= 0.6 is 0 Å². The summed E-state index contributed by atoms with van der Waals surface area (Å²) in [6.45, 7) is 11.9. The van der Waals surface area contributed by atoms with Gasteiger partial charge in [0, 0.05) is 49.9 Å². The Kier molecular flexibility index (Phi) is 7.70. The van der Waals surface area contributed by atoms with E-state index in [-0.39, 0.29) is 17.4 Å². The highest BCUT2D eigenvalue weighted by atomic mass is 16.5. The second kappa shape index (κ2) is 11.1. The standard InChI is InChI=1S/C31H40N6O3/c1-20-8-7-9-22(16-20)37-29-23(28(34-37)30(39)35(5)31(2,3)4)11-10-21-17-26(40-6)25(18-24(21)29)33-27(38)19-36-14-12-32-13-15-36/h7-9,16-18,32H,10-15,19H2,1-6H3,(H,33,38). The van der Waals surface area contributed by atoms with Crippen molar-refractivity contribution >= 4 is 17.5 Å². The summed E-state index contributed by atoms with van der Waals surface area (Å²) in [6.07, 6.45) is 1.43. The number of piperazine rings is 1. The van der Waals surface area contributed by atoms with Crippen LogP contribution in [0, 0.1) is 6.92 Å². The summed E-state index contributed by atoms with van der Waals surface area (Å²) < 4.78 is 7.60. The molecule has 9 nitrogen and oxygen atoms in total. The van der Waals surface area contributed by atoms with Crippen LogP contribution in [0.3, 0.4) is 0 Å². The van der Waals surface area contributed by atoms with Gasteiger partial charge >= 0.3 is 0 Å². The number of hydrogen-bond donors (Lipinski definition) is 2. The zero-order valence-corrected chi connectivity index (χ0v) is 24.4. The number of ether oxygens (including phenoxy) is 1. The van der Waals surface area contributed by atoms with E-state index in [9.17, 15) is 9.59 Å². The highest BCUT2D eigenvalue weighted by Gasteiger charge is 2.33. The molecule has 0 bridgehead atoms. The summed E-state index contributed by atoms with van der Waals surface area (Å²) in [4.78, 5) is 30.7. The van der Waals surface area contributed by atoms with E-state index in [2.05, 4.69) is 21.6 Å². The number of carbonyl (C=O) groups is 2. The summed E-state index contributed by atoms with van der Waals surface area (Å²) in [7, 11) is 3.45. The van der Waals surface area contributed by atoms with Crippen LogP contribution in [-0.4, -0.2) is 83.8 Å². The third-order valence-electron chi connectivity index (χ3n) is 7.92. The Morgan fingerprint density at radius 3 is 2.55 bits per heavy atom. The van der Waals surface area contributed by atoms with Gasteiger partial charge in [0.25, 0.3) is 5.91 Å². The van der Waals surface area contributed by atoms with Gasteiger partial charge < -0.3 is 20.3 Å². The van der Waals surface area contributed by atoms with Gasteiger partial charge in [-0.15, -0.1) is 0 Å². The highest BCUT2D eigenvalue weighted by molar-refractivity contribution is 5.98. The van der Waals surface area contributed by atoms with Crippen molar-refractivity contribution in [1.29, 1.82) is 0 Å². The SMILES string of the molecule is COc1cc2c(cc1NC(=O)CN1CCNCC1)-c1c(c(C(=O)N(C)C(C)(C)C)nn1-c1cccc(C)c1)CC2. The Morgan fingerprint density at radius 2 is 1.88 bits per heavy atom. The number of carbonyl (C=O) groups excluding carboxylic acids is 2. The molecule has 2 amide bonds. The number of amides is 2. The quantitative estimate of drug-likeness (QED) is 0.492. The number of methoxy groups -OCH3 is 1. The Labute approximate surface area is 236 Å². The molecule has 1 saturated heterocycles. The fourth-order valence-corrected chi connectivity index (χ4v) is 5.38. The predicted molar refractivity (Wildman–Crippen MR) is 157 cm³/mol. The fraction of sp³-hybridized carbons (Fsp3) is 0.452. The topological polar surface area (TPSA) is 91.7 Å². The van der Waals surface area contributed by atoms with Crippen LogP contribution in [0.25, 0.3) is 16.9 Å². The number of nitrogens with zero attached hydrogens (tertiary/aromatic N) is 4. The van der Waals surface area contributed by atoms with Gasteiger partial charge in [-0.1, -0.05) is 12.1 Å². The second-order valence-electron chi connectivity index (χ2n) is 11.7. The minimum atomic E-state index is -0.348.